The molecule has 124 valence electrons. The quantitative estimate of drug-likeness (QED) is 0.726. The van der Waals surface area contributed by atoms with Crippen molar-refractivity contribution >= 4 is 16.5 Å². The van der Waals surface area contributed by atoms with Crippen molar-refractivity contribution in [3.05, 3.63) is 42.4 Å². The Kier molecular flexibility index (Phi) is 3.78. The summed E-state index contributed by atoms with van der Waals surface area (Å²) in [5.41, 5.74) is 1.53. The van der Waals surface area contributed by atoms with Crippen LogP contribution < -0.4 is 4.90 Å². The zero-order valence-electron chi connectivity index (χ0n) is 13.6. The standard InChI is InChI=1S/C16H18N6OS/c1-16(12-9-18-21(2)10-12)11-22(7-8-23-16)15-20-19-14(24-15)13-5-3-4-6-17-13/h3-6,9-10H,7-8,11H2,1-2H3. The third-order valence-electron chi connectivity index (χ3n) is 4.16. The fraction of sp³-hybridized carbons (Fsp3) is 0.375. The fourth-order valence-electron chi connectivity index (χ4n) is 2.84. The second-order valence-electron chi connectivity index (χ2n) is 6.01. The van der Waals surface area contributed by atoms with Gasteiger partial charge < -0.3 is 9.64 Å². The van der Waals surface area contributed by atoms with Crippen molar-refractivity contribution in [2.75, 3.05) is 24.6 Å². The lowest BCUT2D eigenvalue weighted by Crippen LogP contribution is -2.48. The number of hydrogen-bond donors (Lipinski definition) is 0. The highest BCUT2D eigenvalue weighted by atomic mass is 32.1. The molecule has 1 saturated heterocycles. The number of hydrogen-bond acceptors (Lipinski definition) is 7. The van der Waals surface area contributed by atoms with Crippen molar-refractivity contribution in [2.24, 2.45) is 7.05 Å². The first kappa shape index (κ1) is 15.2. The Labute approximate surface area is 143 Å². The predicted octanol–water partition coefficient (Wildman–Crippen LogP) is 2.09. The second-order valence-corrected chi connectivity index (χ2v) is 6.96. The third kappa shape index (κ3) is 2.78. The Morgan fingerprint density at radius 2 is 2.21 bits per heavy atom. The van der Waals surface area contributed by atoms with Gasteiger partial charge in [0.15, 0.2) is 5.01 Å². The monoisotopic (exact) mass is 342 g/mol. The molecule has 0 aromatic carbocycles. The van der Waals surface area contributed by atoms with Crippen LogP contribution in [0.25, 0.3) is 10.7 Å². The molecule has 1 fully saturated rings. The van der Waals surface area contributed by atoms with Gasteiger partial charge in [0.05, 0.1) is 19.3 Å². The second kappa shape index (κ2) is 5.95. The topological polar surface area (TPSA) is 69.0 Å². The number of anilines is 1. The molecule has 0 radical (unpaired) electrons. The summed E-state index contributed by atoms with van der Waals surface area (Å²) in [6, 6.07) is 5.80. The van der Waals surface area contributed by atoms with Gasteiger partial charge in [0.1, 0.15) is 11.3 Å². The first-order valence-corrected chi connectivity index (χ1v) is 8.59. The fourth-order valence-corrected chi connectivity index (χ4v) is 3.68. The molecule has 0 bridgehead atoms. The molecule has 3 aromatic heterocycles. The number of pyridine rings is 1. The SMILES string of the molecule is Cn1cc(C2(C)CN(c3nnc(-c4ccccn4)s3)CCO2)cn1. The van der Waals surface area contributed by atoms with E-state index >= 15 is 0 Å². The smallest absolute Gasteiger partial charge is 0.208 e. The van der Waals surface area contributed by atoms with Crippen LogP contribution in [0.15, 0.2) is 36.8 Å². The molecule has 1 aliphatic rings. The van der Waals surface area contributed by atoms with Crippen LogP contribution in [0.3, 0.4) is 0 Å². The highest BCUT2D eigenvalue weighted by Gasteiger charge is 2.36. The van der Waals surface area contributed by atoms with Crippen molar-refractivity contribution in [2.45, 2.75) is 12.5 Å². The molecule has 0 aliphatic carbocycles. The largest absolute Gasteiger partial charge is 0.367 e. The van der Waals surface area contributed by atoms with Crippen LogP contribution in [-0.4, -0.2) is 44.7 Å². The molecule has 0 saturated carbocycles. The Balaban J connectivity index is 1.58. The molecule has 1 atom stereocenters. The molecular weight excluding hydrogens is 324 g/mol. The van der Waals surface area contributed by atoms with E-state index < -0.39 is 5.60 Å². The number of morpholine rings is 1. The van der Waals surface area contributed by atoms with Gasteiger partial charge in [-0.15, -0.1) is 10.2 Å². The Bertz CT molecular complexity index is 832. The number of aromatic nitrogens is 5. The lowest BCUT2D eigenvalue weighted by Gasteiger charge is -2.39. The minimum atomic E-state index is -0.399. The van der Waals surface area contributed by atoms with Gasteiger partial charge in [0, 0.05) is 31.5 Å². The third-order valence-corrected chi connectivity index (χ3v) is 5.17. The molecule has 4 heterocycles. The van der Waals surface area contributed by atoms with Crippen molar-refractivity contribution in [1.82, 2.24) is 25.0 Å². The summed E-state index contributed by atoms with van der Waals surface area (Å²) in [7, 11) is 1.91. The van der Waals surface area contributed by atoms with E-state index in [9.17, 15) is 0 Å². The zero-order chi connectivity index (χ0) is 16.6. The van der Waals surface area contributed by atoms with Gasteiger partial charge in [-0.3, -0.25) is 9.67 Å². The highest BCUT2D eigenvalue weighted by Crippen LogP contribution is 2.34. The van der Waals surface area contributed by atoms with E-state index in [0.717, 1.165) is 34.5 Å². The van der Waals surface area contributed by atoms with Gasteiger partial charge in [-0.25, -0.2) is 0 Å². The van der Waals surface area contributed by atoms with E-state index in [4.69, 9.17) is 4.74 Å². The summed E-state index contributed by atoms with van der Waals surface area (Å²) in [4.78, 5) is 6.56. The molecule has 1 unspecified atom stereocenters. The first-order valence-electron chi connectivity index (χ1n) is 7.77. The van der Waals surface area contributed by atoms with Crippen molar-refractivity contribution in [1.29, 1.82) is 0 Å². The van der Waals surface area contributed by atoms with Crippen LogP contribution in [0.1, 0.15) is 12.5 Å². The highest BCUT2D eigenvalue weighted by molar-refractivity contribution is 7.18. The molecule has 1 aliphatic heterocycles. The maximum Gasteiger partial charge on any atom is 0.208 e. The predicted molar refractivity (Wildman–Crippen MR) is 91.9 cm³/mol. The van der Waals surface area contributed by atoms with E-state index in [1.807, 2.05) is 37.6 Å². The summed E-state index contributed by atoms with van der Waals surface area (Å²) >= 11 is 1.56. The Hall–Kier alpha value is -2.32. The van der Waals surface area contributed by atoms with E-state index in [0.29, 0.717) is 6.61 Å². The van der Waals surface area contributed by atoms with Gasteiger partial charge in [-0.1, -0.05) is 17.4 Å². The molecule has 3 aromatic rings. The maximum absolute atomic E-state index is 6.06. The Morgan fingerprint density at radius 1 is 1.29 bits per heavy atom. The van der Waals surface area contributed by atoms with Crippen LogP contribution in [0, 0.1) is 0 Å². The van der Waals surface area contributed by atoms with Gasteiger partial charge in [-0.2, -0.15) is 5.10 Å². The molecule has 0 amide bonds. The van der Waals surface area contributed by atoms with Crippen LogP contribution in [0.5, 0.6) is 0 Å². The van der Waals surface area contributed by atoms with Crippen molar-refractivity contribution in [3.8, 4) is 10.7 Å². The summed E-state index contributed by atoms with van der Waals surface area (Å²) in [6.45, 7) is 4.25. The minimum absolute atomic E-state index is 0.399. The summed E-state index contributed by atoms with van der Waals surface area (Å²) in [5, 5.41) is 14.6. The lowest BCUT2D eigenvalue weighted by molar-refractivity contribution is -0.0466. The van der Waals surface area contributed by atoms with Crippen LogP contribution in [-0.2, 0) is 17.4 Å². The summed E-state index contributed by atoms with van der Waals surface area (Å²) in [5.74, 6) is 0. The number of rotatable bonds is 3. The van der Waals surface area contributed by atoms with E-state index in [-0.39, 0.29) is 0 Å². The van der Waals surface area contributed by atoms with E-state index in [1.165, 1.54) is 0 Å². The van der Waals surface area contributed by atoms with Gasteiger partial charge in [-0.05, 0) is 19.1 Å². The zero-order valence-corrected chi connectivity index (χ0v) is 14.4. The maximum atomic E-state index is 6.06. The summed E-state index contributed by atoms with van der Waals surface area (Å²) < 4.78 is 7.86. The van der Waals surface area contributed by atoms with E-state index in [2.05, 4.69) is 32.1 Å². The first-order chi connectivity index (χ1) is 11.6. The Morgan fingerprint density at radius 3 is 2.96 bits per heavy atom. The number of aryl methyl sites for hydroxylation is 1. The molecule has 4 rings (SSSR count). The van der Waals surface area contributed by atoms with Gasteiger partial charge in [0.25, 0.3) is 0 Å². The van der Waals surface area contributed by atoms with Crippen molar-refractivity contribution < 1.29 is 4.74 Å². The average molecular weight is 342 g/mol. The van der Waals surface area contributed by atoms with Crippen molar-refractivity contribution in [3.63, 3.8) is 0 Å². The lowest BCUT2D eigenvalue weighted by atomic mass is 9.97. The molecule has 8 heteroatoms. The van der Waals surface area contributed by atoms with Crippen LogP contribution >= 0.6 is 11.3 Å². The minimum Gasteiger partial charge on any atom is -0.367 e. The molecule has 24 heavy (non-hydrogen) atoms. The average Bonchev–Trinajstić information content (AvgIpc) is 3.25. The number of nitrogens with zero attached hydrogens (tertiary/aromatic N) is 6. The van der Waals surface area contributed by atoms with Crippen LogP contribution in [0.4, 0.5) is 5.13 Å². The van der Waals surface area contributed by atoms with Gasteiger partial charge >= 0.3 is 0 Å². The number of ether oxygens (including phenoxy) is 1. The molecule has 0 spiro atoms. The van der Waals surface area contributed by atoms with E-state index in [1.54, 1.807) is 22.2 Å². The summed E-state index contributed by atoms with van der Waals surface area (Å²) in [6.07, 6.45) is 5.64. The molecule has 0 N–H and O–H groups in total. The normalized spacial score (nSPS) is 21.2. The molecule has 7 nitrogen and oxygen atoms in total. The van der Waals surface area contributed by atoms with Gasteiger partial charge in [0.2, 0.25) is 5.13 Å². The van der Waals surface area contributed by atoms with Crippen LogP contribution in [0.2, 0.25) is 0 Å². The molecular formula is C16H18N6OS.